The van der Waals surface area contributed by atoms with Crippen molar-refractivity contribution in [2.24, 2.45) is 5.92 Å². The van der Waals surface area contributed by atoms with Crippen molar-refractivity contribution >= 4 is 5.82 Å². The predicted molar refractivity (Wildman–Crippen MR) is 98.9 cm³/mol. The Hall–Kier alpha value is -2.27. The van der Waals surface area contributed by atoms with E-state index in [1.807, 2.05) is 6.07 Å². The van der Waals surface area contributed by atoms with Crippen LogP contribution in [0, 0.1) is 33.2 Å². The van der Waals surface area contributed by atoms with Crippen molar-refractivity contribution in [3.8, 4) is 0 Å². The minimum absolute atomic E-state index is 0.496. The summed E-state index contributed by atoms with van der Waals surface area (Å²) in [7, 11) is 0. The Bertz CT molecular complexity index is 809. The molecule has 0 saturated carbocycles. The Balaban J connectivity index is 1.35. The number of aromatic nitrogens is 3. The molecular weight excluding hydrogens is 310 g/mol. The van der Waals surface area contributed by atoms with Crippen LogP contribution in [-0.2, 0) is 13.1 Å². The van der Waals surface area contributed by atoms with Gasteiger partial charge in [-0.2, -0.15) is 0 Å². The van der Waals surface area contributed by atoms with Crippen molar-refractivity contribution in [2.75, 3.05) is 18.0 Å². The van der Waals surface area contributed by atoms with E-state index in [1.54, 1.807) is 12.5 Å². The second-order valence-electron chi connectivity index (χ2n) is 7.15. The van der Waals surface area contributed by atoms with E-state index in [4.69, 9.17) is 4.98 Å². The van der Waals surface area contributed by atoms with E-state index in [1.165, 1.54) is 28.0 Å². The van der Waals surface area contributed by atoms with E-state index in [-0.39, 0.29) is 0 Å². The van der Waals surface area contributed by atoms with Gasteiger partial charge in [0, 0.05) is 44.0 Å². The van der Waals surface area contributed by atoms with Gasteiger partial charge in [0.25, 0.3) is 0 Å². The van der Waals surface area contributed by atoms with Crippen molar-refractivity contribution in [1.29, 1.82) is 0 Å². The van der Waals surface area contributed by atoms with Gasteiger partial charge in [0.05, 0.1) is 12.2 Å². The lowest BCUT2D eigenvalue weighted by molar-refractivity contribution is 0.340. The van der Waals surface area contributed by atoms with Gasteiger partial charge in [-0.15, -0.1) is 0 Å². The van der Waals surface area contributed by atoms with E-state index >= 15 is 0 Å². The third-order valence-corrected chi connectivity index (χ3v) is 5.57. The van der Waals surface area contributed by atoms with Crippen molar-refractivity contribution in [2.45, 2.75) is 33.9 Å². The van der Waals surface area contributed by atoms with Gasteiger partial charge in [-0.25, -0.2) is 9.97 Å². The maximum absolute atomic E-state index is 4.79. The first kappa shape index (κ1) is 16.2. The summed E-state index contributed by atoms with van der Waals surface area (Å²) in [4.78, 5) is 17.7. The molecular formula is C20H24N5. The summed E-state index contributed by atoms with van der Waals surface area (Å²) in [5.74, 6) is 1.50. The Morgan fingerprint density at radius 1 is 1.20 bits per heavy atom. The summed E-state index contributed by atoms with van der Waals surface area (Å²) in [5.41, 5.74) is 7.67. The lowest BCUT2D eigenvalue weighted by Gasteiger charge is -2.41. The highest BCUT2D eigenvalue weighted by atomic mass is 15.2. The summed E-state index contributed by atoms with van der Waals surface area (Å²) in [6.45, 7) is 16.8. The van der Waals surface area contributed by atoms with E-state index in [2.05, 4.69) is 53.7 Å². The number of fused-ring (bicyclic) bond motifs is 1. The maximum Gasteiger partial charge on any atom is 0.131 e. The molecule has 0 unspecified atom stereocenters. The van der Waals surface area contributed by atoms with Gasteiger partial charge in [-0.3, -0.25) is 9.88 Å². The topological polar surface area (TPSA) is 45.2 Å². The molecule has 4 heterocycles. The van der Waals surface area contributed by atoms with Crippen LogP contribution in [0.2, 0.25) is 0 Å². The van der Waals surface area contributed by atoms with Gasteiger partial charge in [-0.1, -0.05) is 12.2 Å². The highest BCUT2D eigenvalue weighted by Crippen LogP contribution is 2.33. The molecule has 2 aromatic heterocycles. The van der Waals surface area contributed by atoms with Gasteiger partial charge >= 0.3 is 0 Å². The van der Waals surface area contributed by atoms with Crippen molar-refractivity contribution in [1.82, 2.24) is 19.9 Å². The SMILES string of the molecule is C=C([CH]N1Cc2nc(C)c(C)c(C)c2C1)C1CN(c2ccncn2)C1. The third kappa shape index (κ3) is 2.93. The summed E-state index contributed by atoms with van der Waals surface area (Å²) in [6.07, 6.45) is 3.39. The molecule has 0 bridgehead atoms. The molecule has 1 fully saturated rings. The molecule has 1 radical (unpaired) electrons. The molecule has 2 aliphatic rings. The first-order chi connectivity index (χ1) is 12.0. The zero-order chi connectivity index (χ0) is 17.6. The Morgan fingerprint density at radius 2 is 2.00 bits per heavy atom. The molecule has 0 atom stereocenters. The summed E-state index contributed by atoms with van der Waals surface area (Å²) >= 11 is 0. The number of aryl methyl sites for hydroxylation is 1. The second-order valence-corrected chi connectivity index (χ2v) is 7.15. The molecule has 5 heteroatoms. The second kappa shape index (κ2) is 6.23. The maximum atomic E-state index is 4.79. The molecule has 5 nitrogen and oxygen atoms in total. The fraction of sp³-hybridized carbons (Fsp3) is 0.400. The molecule has 0 aliphatic carbocycles. The van der Waals surface area contributed by atoms with E-state index in [0.717, 1.165) is 37.7 Å². The first-order valence-electron chi connectivity index (χ1n) is 8.77. The van der Waals surface area contributed by atoms with Gasteiger partial charge in [0.1, 0.15) is 12.1 Å². The van der Waals surface area contributed by atoms with Crippen LogP contribution in [0.15, 0.2) is 30.7 Å². The number of hydrogen-bond acceptors (Lipinski definition) is 5. The van der Waals surface area contributed by atoms with Gasteiger partial charge in [0.2, 0.25) is 0 Å². The number of anilines is 1. The van der Waals surface area contributed by atoms with Crippen LogP contribution in [-0.4, -0.2) is 32.9 Å². The van der Waals surface area contributed by atoms with E-state index < -0.39 is 0 Å². The molecule has 0 amide bonds. The molecule has 25 heavy (non-hydrogen) atoms. The van der Waals surface area contributed by atoms with Crippen LogP contribution in [0.25, 0.3) is 0 Å². The fourth-order valence-electron chi connectivity index (χ4n) is 3.66. The normalized spacial score (nSPS) is 17.5. The molecule has 0 spiro atoms. The molecule has 0 N–H and O–H groups in total. The summed E-state index contributed by atoms with van der Waals surface area (Å²) < 4.78 is 0. The Labute approximate surface area is 149 Å². The number of nitrogens with zero attached hydrogens (tertiary/aromatic N) is 5. The van der Waals surface area contributed by atoms with Crippen LogP contribution in [0.3, 0.4) is 0 Å². The quantitative estimate of drug-likeness (QED) is 0.860. The molecule has 129 valence electrons. The van der Waals surface area contributed by atoms with E-state index in [9.17, 15) is 0 Å². The number of rotatable bonds is 4. The van der Waals surface area contributed by atoms with Gasteiger partial charge in [0.15, 0.2) is 0 Å². The smallest absolute Gasteiger partial charge is 0.131 e. The van der Waals surface area contributed by atoms with Crippen LogP contribution >= 0.6 is 0 Å². The van der Waals surface area contributed by atoms with Crippen molar-refractivity contribution in [3.63, 3.8) is 0 Å². The molecule has 2 aromatic rings. The van der Waals surface area contributed by atoms with Crippen molar-refractivity contribution < 1.29 is 0 Å². The zero-order valence-corrected chi connectivity index (χ0v) is 15.2. The monoisotopic (exact) mass is 334 g/mol. The van der Waals surface area contributed by atoms with E-state index in [0.29, 0.717) is 5.92 Å². The van der Waals surface area contributed by atoms with Crippen LogP contribution < -0.4 is 4.90 Å². The number of pyridine rings is 1. The average Bonchev–Trinajstić information content (AvgIpc) is 2.95. The molecule has 4 rings (SSSR count). The fourth-order valence-corrected chi connectivity index (χ4v) is 3.66. The predicted octanol–water partition coefficient (Wildman–Crippen LogP) is 2.97. The first-order valence-corrected chi connectivity index (χ1v) is 8.77. The van der Waals surface area contributed by atoms with Gasteiger partial charge < -0.3 is 4.90 Å². The Morgan fingerprint density at radius 3 is 2.72 bits per heavy atom. The lowest BCUT2D eigenvalue weighted by Crippen LogP contribution is -2.48. The Kier molecular flexibility index (Phi) is 4.04. The zero-order valence-electron chi connectivity index (χ0n) is 15.2. The average molecular weight is 334 g/mol. The van der Waals surface area contributed by atoms with Crippen LogP contribution in [0.1, 0.15) is 28.1 Å². The van der Waals surface area contributed by atoms with Crippen LogP contribution in [0.5, 0.6) is 0 Å². The summed E-state index contributed by atoms with van der Waals surface area (Å²) in [6, 6.07) is 1.96. The highest BCUT2D eigenvalue weighted by molar-refractivity contribution is 5.44. The minimum Gasteiger partial charge on any atom is -0.355 e. The summed E-state index contributed by atoms with van der Waals surface area (Å²) in [5, 5.41) is 0. The largest absolute Gasteiger partial charge is 0.355 e. The number of hydrogen-bond donors (Lipinski definition) is 0. The molecule has 0 aromatic carbocycles. The van der Waals surface area contributed by atoms with Gasteiger partial charge in [-0.05, 0) is 43.5 Å². The standard InChI is InChI=1S/C20H24N5/c1-13(17-8-25(9-17)20-5-6-21-12-22-20)7-24-10-18-15(3)14(2)16(4)23-19(18)11-24/h5-7,12,17H,1,8-11H2,2-4H3. The molecule has 2 aliphatic heterocycles. The molecule has 1 saturated heterocycles. The lowest BCUT2D eigenvalue weighted by atomic mass is 9.92. The minimum atomic E-state index is 0.496. The van der Waals surface area contributed by atoms with Crippen LogP contribution in [0.4, 0.5) is 5.82 Å². The highest BCUT2D eigenvalue weighted by Gasteiger charge is 2.32. The van der Waals surface area contributed by atoms with Crippen molar-refractivity contribution in [3.05, 3.63) is 65.4 Å². The third-order valence-electron chi connectivity index (χ3n) is 5.57.